The van der Waals surface area contributed by atoms with E-state index in [1.807, 2.05) is 6.07 Å². The zero-order chi connectivity index (χ0) is 17.3. The van der Waals surface area contributed by atoms with Crippen molar-refractivity contribution >= 4 is 22.1 Å². The maximum Gasteiger partial charge on any atom is 0.236 e. The minimum atomic E-state index is 0.676. The molecule has 0 aliphatic carbocycles. The lowest BCUT2D eigenvalue weighted by molar-refractivity contribution is 0.576. The molecule has 0 aliphatic heterocycles. The molecule has 3 aromatic carbocycles. The standard InChI is InChI=1S/C23H15NOS/c1-2-8-16(9-3-1)17-10-4-5-11-18(17)21-19-12-6-7-13-20(19)22(26-21)23-24-14-15-25-23/h1-15H. The van der Waals surface area contributed by atoms with Crippen LogP contribution in [0.15, 0.2) is 95.7 Å². The Morgan fingerprint density at radius 2 is 1.31 bits per heavy atom. The van der Waals surface area contributed by atoms with E-state index in [1.165, 1.54) is 32.3 Å². The van der Waals surface area contributed by atoms with Crippen LogP contribution in [0.3, 0.4) is 0 Å². The van der Waals surface area contributed by atoms with Gasteiger partial charge in [-0.05, 0) is 11.1 Å². The van der Waals surface area contributed by atoms with Gasteiger partial charge in [-0.3, -0.25) is 0 Å². The Morgan fingerprint density at radius 1 is 0.654 bits per heavy atom. The second kappa shape index (κ2) is 6.28. The molecule has 0 N–H and O–H groups in total. The van der Waals surface area contributed by atoms with Gasteiger partial charge in [0.1, 0.15) is 6.26 Å². The summed E-state index contributed by atoms with van der Waals surface area (Å²) in [4.78, 5) is 6.68. The van der Waals surface area contributed by atoms with Crippen molar-refractivity contribution in [1.29, 1.82) is 0 Å². The topological polar surface area (TPSA) is 26.0 Å². The van der Waals surface area contributed by atoms with Gasteiger partial charge in [0.2, 0.25) is 5.89 Å². The second-order valence-electron chi connectivity index (χ2n) is 6.05. The monoisotopic (exact) mass is 353 g/mol. The van der Waals surface area contributed by atoms with E-state index in [1.54, 1.807) is 23.8 Å². The third-order valence-corrected chi connectivity index (χ3v) is 5.75. The molecule has 0 saturated heterocycles. The molecule has 5 aromatic rings. The molecular formula is C23H15NOS. The van der Waals surface area contributed by atoms with Crippen LogP contribution >= 0.6 is 11.3 Å². The summed E-state index contributed by atoms with van der Waals surface area (Å²) in [5.41, 5.74) is 3.69. The third kappa shape index (κ3) is 2.45. The first-order valence-corrected chi connectivity index (χ1v) is 9.30. The smallest absolute Gasteiger partial charge is 0.236 e. The van der Waals surface area contributed by atoms with E-state index in [9.17, 15) is 0 Å². The lowest BCUT2D eigenvalue weighted by Crippen LogP contribution is -1.82. The molecule has 0 fully saturated rings. The van der Waals surface area contributed by atoms with E-state index in [4.69, 9.17) is 4.42 Å². The summed E-state index contributed by atoms with van der Waals surface area (Å²) in [6.45, 7) is 0. The van der Waals surface area contributed by atoms with Crippen molar-refractivity contribution in [3.63, 3.8) is 0 Å². The summed E-state index contributed by atoms with van der Waals surface area (Å²) >= 11 is 1.74. The molecule has 2 aromatic heterocycles. The highest BCUT2D eigenvalue weighted by molar-refractivity contribution is 7.21. The molecule has 3 heteroatoms. The normalized spacial score (nSPS) is 11.1. The number of nitrogens with zero attached hydrogens (tertiary/aromatic N) is 1. The van der Waals surface area contributed by atoms with Crippen LogP contribution in [0, 0.1) is 0 Å². The highest BCUT2D eigenvalue weighted by Gasteiger charge is 2.18. The van der Waals surface area contributed by atoms with Crippen molar-refractivity contribution in [2.75, 3.05) is 0 Å². The van der Waals surface area contributed by atoms with Gasteiger partial charge >= 0.3 is 0 Å². The number of aromatic nitrogens is 1. The number of thiophene rings is 1. The van der Waals surface area contributed by atoms with Gasteiger partial charge in [0, 0.05) is 21.2 Å². The molecule has 2 heterocycles. The average molecular weight is 353 g/mol. The summed E-state index contributed by atoms with van der Waals surface area (Å²) < 4.78 is 5.59. The van der Waals surface area contributed by atoms with Crippen molar-refractivity contribution in [3.05, 3.63) is 91.3 Å². The molecule has 0 unspecified atom stereocenters. The maximum absolute atomic E-state index is 5.59. The fourth-order valence-corrected chi connectivity index (χ4v) is 4.59. The first kappa shape index (κ1) is 15.1. The molecular weight excluding hydrogens is 338 g/mol. The minimum absolute atomic E-state index is 0.676. The first-order valence-electron chi connectivity index (χ1n) is 8.48. The second-order valence-corrected chi connectivity index (χ2v) is 7.08. The molecule has 124 valence electrons. The van der Waals surface area contributed by atoms with Gasteiger partial charge in [0.15, 0.2) is 0 Å². The zero-order valence-electron chi connectivity index (χ0n) is 13.9. The van der Waals surface area contributed by atoms with Crippen molar-refractivity contribution < 1.29 is 4.42 Å². The predicted octanol–water partition coefficient (Wildman–Crippen LogP) is 6.89. The Kier molecular flexibility index (Phi) is 3.65. The number of rotatable bonds is 3. The Hall–Kier alpha value is -3.17. The molecule has 0 bridgehead atoms. The molecule has 0 atom stereocenters. The van der Waals surface area contributed by atoms with Gasteiger partial charge in [-0.15, -0.1) is 11.3 Å². The Morgan fingerprint density at radius 3 is 2.04 bits per heavy atom. The number of hydrogen-bond donors (Lipinski definition) is 0. The van der Waals surface area contributed by atoms with E-state index in [0.29, 0.717) is 5.89 Å². The Balaban J connectivity index is 1.80. The molecule has 5 rings (SSSR count). The predicted molar refractivity (Wildman–Crippen MR) is 108 cm³/mol. The Bertz CT molecular complexity index is 1170. The molecule has 0 amide bonds. The van der Waals surface area contributed by atoms with Gasteiger partial charge in [0.25, 0.3) is 0 Å². The molecule has 0 spiro atoms. The van der Waals surface area contributed by atoms with Crippen LogP contribution in [-0.4, -0.2) is 4.98 Å². The first-order chi connectivity index (χ1) is 12.9. The number of oxazole rings is 1. The van der Waals surface area contributed by atoms with Crippen molar-refractivity contribution in [1.82, 2.24) is 4.98 Å². The molecule has 0 aliphatic rings. The fourth-order valence-electron chi connectivity index (χ4n) is 3.34. The van der Waals surface area contributed by atoms with Gasteiger partial charge in [-0.25, -0.2) is 4.98 Å². The van der Waals surface area contributed by atoms with Crippen LogP contribution < -0.4 is 0 Å². The van der Waals surface area contributed by atoms with Crippen LogP contribution in [0.2, 0.25) is 0 Å². The van der Waals surface area contributed by atoms with Crippen molar-refractivity contribution in [3.8, 4) is 32.3 Å². The highest BCUT2D eigenvalue weighted by atomic mass is 32.1. The van der Waals surface area contributed by atoms with Crippen LogP contribution in [-0.2, 0) is 0 Å². The van der Waals surface area contributed by atoms with Crippen molar-refractivity contribution in [2.24, 2.45) is 0 Å². The summed E-state index contributed by atoms with van der Waals surface area (Å²) in [5, 5.41) is 2.41. The quantitative estimate of drug-likeness (QED) is 0.353. The number of hydrogen-bond acceptors (Lipinski definition) is 3. The van der Waals surface area contributed by atoms with E-state index < -0.39 is 0 Å². The lowest BCUT2D eigenvalue weighted by Gasteiger charge is -2.09. The minimum Gasteiger partial charge on any atom is -0.444 e. The zero-order valence-corrected chi connectivity index (χ0v) is 14.7. The largest absolute Gasteiger partial charge is 0.444 e. The summed E-state index contributed by atoms with van der Waals surface area (Å²) in [5.74, 6) is 0.676. The lowest BCUT2D eigenvalue weighted by atomic mass is 9.97. The Labute approximate surface area is 155 Å². The number of benzene rings is 3. The van der Waals surface area contributed by atoms with E-state index in [0.717, 1.165) is 4.88 Å². The van der Waals surface area contributed by atoms with Gasteiger partial charge < -0.3 is 4.42 Å². The molecule has 0 radical (unpaired) electrons. The van der Waals surface area contributed by atoms with Crippen LogP contribution in [0.5, 0.6) is 0 Å². The summed E-state index contributed by atoms with van der Waals surface area (Å²) in [6, 6.07) is 27.6. The molecule has 2 nitrogen and oxygen atoms in total. The SMILES string of the molecule is c1ccc(-c2ccccc2-c2sc(-c3ncco3)c3ccccc23)cc1. The maximum atomic E-state index is 5.59. The van der Waals surface area contributed by atoms with Gasteiger partial charge in [-0.1, -0.05) is 78.9 Å². The van der Waals surface area contributed by atoms with Gasteiger partial charge in [-0.2, -0.15) is 0 Å². The van der Waals surface area contributed by atoms with Crippen molar-refractivity contribution in [2.45, 2.75) is 0 Å². The van der Waals surface area contributed by atoms with E-state index >= 15 is 0 Å². The van der Waals surface area contributed by atoms with Crippen LogP contribution in [0.25, 0.3) is 43.1 Å². The fraction of sp³-hybridized carbons (Fsp3) is 0. The number of fused-ring (bicyclic) bond motifs is 1. The average Bonchev–Trinajstić information content (AvgIpc) is 3.36. The highest BCUT2D eigenvalue weighted by Crippen LogP contribution is 2.46. The molecule has 26 heavy (non-hydrogen) atoms. The van der Waals surface area contributed by atoms with Gasteiger partial charge in [0.05, 0.1) is 11.1 Å². The third-order valence-electron chi connectivity index (χ3n) is 4.50. The van der Waals surface area contributed by atoms with E-state index in [2.05, 4.69) is 77.8 Å². The van der Waals surface area contributed by atoms with Crippen LogP contribution in [0.1, 0.15) is 0 Å². The summed E-state index contributed by atoms with van der Waals surface area (Å²) in [6.07, 6.45) is 3.32. The summed E-state index contributed by atoms with van der Waals surface area (Å²) in [7, 11) is 0. The van der Waals surface area contributed by atoms with E-state index in [-0.39, 0.29) is 0 Å². The van der Waals surface area contributed by atoms with Crippen LogP contribution in [0.4, 0.5) is 0 Å². The molecule has 0 saturated carbocycles.